The molecule has 1 atom stereocenters. The van der Waals surface area contributed by atoms with Gasteiger partial charge in [-0.25, -0.2) is 14.7 Å². The summed E-state index contributed by atoms with van der Waals surface area (Å²) in [4.78, 5) is 12.8. The quantitative estimate of drug-likeness (QED) is 0.779. The Morgan fingerprint density at radius 1 is 1.58 bits per heavy atom. The van der Waals surface area contributed by atoms with Crippen molar-refractivity contribution >= 4 is 11.6 Å². The summed E-state index contributed by atoms with van der Waals surface area (Å²) < 4.78 is 6.70. The van der Waals surface area contributed by atoms with Crippen LogP contribution in [0.2, 0.25) is 5.15 Å². The van der Waals surface area contributed by atoms with Crippen LogP contribution in [0.5, 0.6) is 5.75 Å². The Morgan fingerprint density at radius 3 is 2.92 bits per heavy atom. The molecule has 2 aromatic heterocycles. The number of nitrogen functional groups attached to an aromatic ring is 1. The molecular formula is C16H21ClN6O. The SMILES string of the molecule is C=C/N=c1/c(Cl)nc(-c2cc([C@@H](C)NCC)ncc2OC)cn1N. The molecule has 0 bridgehead atoms. The Morgan fingerprint density at radius 2 is 2.33 bits per heavy atom. The summed E-state index contributed by atoms with van der Waals surface area (Å²) in [6.07, 6.45) is 4.65. The zero-order valence-electron chi connectivity index (χ0n) is 14.0. The largest absolute Gasteiger partial charge is 0.494 e. The number of nitrogens with one attached hydrogen (secondary N) is 1. The molecule has 128 valence electrons. The first kappa shape index (κ1) is 18.0. The summed E-state index contributed by atoms with van der Waals surface area (Å²) in [5.41, 5.74) is 2.51. The number of nitrogens with two attached hydrogens (primary N) is 1. The van der Waals surface area contributed by atoms with Crippen molar-refractivity contribution in [2.45, 2.75) is 19.9 Å². The van der Waals surface area contributed by atoms with E-state index >= 15 is 0 Å². The van der Waals surface area contributed by atoms with Crippen molar-refractivity contribution in [1.82, 2.24) is 20.0 Å². The highest BCUT2D eigenvalue weighted by atomic mass is 35.5. The fourth-order valence-corrected chi connectivity index (χ4v) is 2.53. The van der Waals surface area contributed by atoms with Gasteiger partial charge >= 0.3 is 0 Å². The van der Waals surface area contributed by atoms with E-state index in [1.165, 1.54) is 10.9 Å². The van der Waals surface area contributed by atoms with Gasteiger partial charge in [0.05, 0.1) is 30.9 Å². The molecule has 0 spiro atoms. The van der Waals surface area contributed by atoms with Crippen molar-refractivity contribution in [2.24, 2.45) is 4.99 Å². The third-order valence-electron chi connectivity index (χ3n) is 3.46. The van der Waals surface area contributed by atoms with Crippen molar-refractivity contribution in [3.63, 3.8) is 0 Å². The van der Waals surface area contributed by atoms with Gasteiger partial charge in [0, 0.05) is 17.8 Å². The zero-order valence-corrected chi connectivity index (χ0v) is 14.7. The standard InChI is InChI=1S/C16H21ClN6O/c1-5-19-10(3)12-7-11(14(24-4)8-21-12)13-9-23(18)16(20-6-2)15(17)22-13/h6-10,19H,2,5,18H2,1,3-4H3/b20-16-/t10-/m1/s1. The number of aromatic nitrogens is 3. The van der Waals surface area contributed by atoms with E-state index in [0.717, 1.165) is 17.8 Å². The second kappa shape index (κ2) is 7.94. The molecule has 3 N–H and O–H groups in total. The highest BCUT2D eigenvalue weighted by Gasteiger charge is 2.15. The van der Waals surface area contributed by atoms with E-state index in [1.54, 1.807) is 19.5 Å². The van der Waals surface area contributed by atoms with E-state index in [4.69, 9.17) is 22.2 Å². The number of hydrogen-bond donors (Lipinski definition) is 2. The van der Waals surface area contributed by atoms with Crippen LogP contribution in [0.4, 0.5) is 0 Å². The molecule has 24 heavy (non-hydrogen) atoms. The lowest BCUT2D eigenvalue weighted by atomic mass is 10.1. The number of pyridine rings is 1. The summed E-state index contributed by atoms with van der Waals surface area (Å²) in [7, 11) is 1.58. The Labute approximate surface area is 145 Å². The molecule has 2 heterocycles. The van der Waals surface area contributed by atoms with Gasteiger partial charge in [-0.05, 0) is 19.5 Å². The normalized spacial score (nSPS) is 12.9. The summed E-state index contributed by atoms with van der Waals surface area (Å²) in [5, 5.41) is 3.50. The van der Waals surface area contributed by atoms with Gasteiger partial charge in [-0.3, -0.25) is 4.98 Å². The van der Waals surface area contributed by atoms with Gasteiger partial charge in [0.1, 0.15) is 5.75 Å². The predicted octanol–water partition coefficient (Wildman–Crippen LogP) is 2.04. The molecule has 0 saturated heterocycles. The van der Waals surface area contributed by atoms with Crippen LogP contribution in [0.1, 0.15) is 25.6 Å². The maximum Gasteiger partial charge on any atom is 0.189 e. The molecule has 0 aliphatic carbocycles. The fraction of sp³-hybridized carbons (Fsp3) is 0.312. The van der Waals surface area contributed by atoms with Crippen LogP contribution < -0.4 is 21.4 Å². The average Bonchev–Trinajstić information content (AvgIpc) is 2.57. The van der Waals surface area contributed by atoms with Crippen molar-refractivity contribution < 1.29 is 4.74 Å². The predicted molar refractivity (Wildman–Crippen MR) is 95.0 cm³/mol. The van der Waals surface area contributed by atoms with Gasteiger partial charge < -0.3 is 15.9 Å². The Hall–Kier alpha value is -2.38. The number of methoxy groups -OCH3 is 1. The number of hydrogen-bond acceptors (Lipinski definition) is 6. The fourth-order valence-electron chi connectivity index (χ4n) is 2.29. The first-order valence-electron chi connectivity index (χ1n) is 7.48. The average molecular weight is 349 g/mol. The van der Waals surface area contributed by atoms with E-state index in [2.05, 4.69) is 26.9 Å². The van der Waals surface area contributed by atoms with E-state index in [0.29, 0.717) is 16.9 Å². The monoisotopic (exact) mass is 348 g/mol. The second-order valence-electron chi connectivity index (χ2n) is 5.05. The Balaban J connectivity index is 2.60. The molecule has 8 heteroatoms. The first-order chi connectivity index (χ1) is 11.5. The minimum atomic E-state index is 0.0927. The lowest BCUT2D eigenvalue weighted by Gasteiger charge is -2.15. The molecule has 0 aliphatic rings. The molecule has 0 unspecified atom stereocenters. The van der Waals surface area contributed by atoms with Crippen LogP contribution in [0.3, 0.4) is 0 Å². The maximum atomic E-state index is 6.19. The van der Waals surface area contributed by atoms with Gasteiger partial charge in [-0.15, -0.1) is 0 Å². The number of nitrogens with zero attached hydrogens (tertiary/aromatic N) is 4. The van der Waals surface area contributed by atoms with E-state index in [1.807, 2.05) is 19.9 Å². The minimum absolute atomic E-state index is 0.0927. The van der Waals surface area contributed by atoms with Gasteiger partial charge in [0.25, 0.3) is 0 Å². The van der Waals surface area contributed by atoms with Crippen LogP contribution in [0.25, 0.3) is 11.3 Å². The lowest BCUT2D eigenvalue weighted by Crippen LogP contribution is -2.29. The summed E-state index contributed by atoms with van der Waals surface area (Å²) in [6, 6.07) is 2.00. The van der Waals surface area contributed by atoms with E-state index < -0.39 is 0 Å². The molecule has 0 fully saturated rings. The molecule has 0 amide bonds. The molecule has 0 saturated carbocycles. The van der Waals surface area contributed by atoms with Crippen molar-refractivity contribution in [2.75, 3.05) is 19.5 Å². The number of halogens is 1. The molecule has 0 aliphatic heterocycles. The van der Waals surface area contributed by atoms with Crippen LogP contribution in [0, 0.1) is 0 Å². The highest BCUT2D eigenvalue weighted by Crippen LogP contribution is 2.29. The van der Waals surface area contributed by atoms with E-state index in [9.17, 15) is 0 Å². The Bertz CT molecular complexity index is 775. The van der Waals surface area contributed by atoms with Crippen LogP contribution in [0.15, 0.2) is 36.2 Å². The first-order valence-corrected chi connectivity index (χ1v) is 7.86. The molecular weight excluding hydrogens is 328 g/mol. The van der Waals surface area contributed by atoms with Crippen LogP contribution in [-0.2, 0) is 0 Å². The molecule has 7 nitrogen and oxygen atoms in total. The Kier molecular flexibility index (Phi) is 5.94. The van der Waals surface area contributed by atoms with Crippen molar-refractivity contribution in [3.8, 4) is 17.0 Å². The summed E-state index contributed by atoms with van der Waals surface area (Å²) in [5.74, 6) is 6.55. The lowest BCUT2D eigenvalue weighted by molar-refractivity contribution is 0.413. The highest BCUT2D eigenvalue weighted by molar-refractivity contribution is 6.29. The topological polar surface area (TPSA) is 90.4 Å². The maximum absolute atomic E-state index is 6.19. The zero-order chi connectivity index (χ0) is 17.7. The third-order valence-corrected chi connectivity index (χ3v) is 3.71. The smallest absolute Gasteiger partial charge is 0.189 e. The van der Waals surface area contributed by atoms with Gasteiger partial charge in [-0.1, -0.05) is 25.1 Å². The van der Waals surface area contributed by atoms with Crippen molar-refractivity contribution in [1.29, 1.82) is 0 Å². The minimum Gasteiger partial charge on any atom is -0.494 e. The second-order valence-corrected chi connectivity index (χ2v) is 5.41. The van der Waals surface area contributed by atoms with Gasteiger partial charge in [-0.2, -0.15) is 0 Å². The van der Waals surface area contributed by atoms with Crippen LogP contribution >= 0.6 is 11.6 Å². The molecule has 0 aromatic carbocycles. The molecule has 2 rings (SSSR count). The van der Waals surface area contributed by atoms with Gasteiger partial charge in [0.2, 0.25) is 0 Å². The molecule has 0 radical (unpaired) electrons. The third kappa shape index (κ3) is 3.74. The molecule has 2 aromatic rings. The number of rotatable bonds is 6. The number of ether oxygens (including phenoxy) is 1. The van der Waals surface area contributed by atoms with Crippen LogP contribution in [-0.4, -0.2) is 28.3 Å². The summed E-state index contributed by atoms with van der Waals surface area (Å²) >= 11 is 6.19. The van der Waals surface area contributed by atoms with E-state index in [-0.39, 0.29) is 11.2 Å². The summed E-state index contributed by atoms with van der Waals surface area (Å²) in [6.45, 7) is 8.46. The van der Waals surface area contributed by atoms with Gasteiger partial charge in [0.15, 0.2) is 10.6 Å². The van der Waals surface area contributed by atoms with Crippen molar-refractivity contribution in [3.05, 3.63) is 47.6 Å².